The monoisotopic (exact) mass is 360 g/mol. The first kappa shape index (κ1) is 17.6. The van der Waals surface area contributed by atoms with Gasteiger partial charge in [-0.05, 0) is 18.9 Å². The number of thiazole rings is 1. The van der Waals surface area contributed by atoms with Crippen LogP contribution in [0.5, 0.6) is 0 Å². The SMILES string of the molecule is CCCC[C@@H](CCO)Nc1nc(N)nc2ccn(Cc3cscn3)c12. The molecule has 134 valence electrons. The number of nitrogens with zero attached hydrogens (tertiary/aromatic N) is 4. The van der Waals surface area contributed by atoms with E-state index in [1.807, 2.05) is 23.2 Å². The number of unbranched alkanes of at least 4 members (excludes halogenated alkanes) is 1. The second-order valence-electron chi connectivity index (χ2n) is 6.08. The van der Waals surface area contributed by atoms with Crippen LogP contribution in [0.4, 0.5) is 11.8 Å². The Morgan fingerprint density at radius 1 is 1.36 bits per heavy atom. The summed E-state index contributed by atoms with van der Waals surface area (Å²) in [6.45, 7) is 2.97. The van der Waals surface area contributed by atoms with Crippen molar-refractivity contribution < 1.29 is 5.11 Å². The lowest BCUT2D eigenvalue weighted by Gasteiger charge is -2.19. The molecular formula is C17H24N6OS. The molecule has 0 aliphatic carbocycles. The average molecular weight is 360 g/mol. The molecule has 4 N–H and O–H groups in total. The summed E-state index contributed by atoms with van der Waals surface area (Å²) in [4.78, 5) is 13.1. The van der Waals surface area contributed by atoms with Crippen LogP contribution < -0.4 is 11.1 Å². The maximum absolute atomic E-state index is 9.36. The van der Waals surface area contributed by atoms with Gasteiger partial charge in [0.2, 0.25) is 5.95 Å². The highest BCUT2D eigenvalue weighted by Gasteiger charge is 2.16. The van der Waals surface area contributed by atoms with Gasteiger partial charge < -0.3 is 20.7 Å². The van der Waals surface area contributed by atoms with Crippen LogP contribution in [-0.2, 0) is 6.54 Å². The first-order valence-corrected chi connectivity index (χ1v) is 9.52. The third-order valence-electron chi connectivity index (χ3n) is 4.17. The van der Waals surface area contributed by atoms with E-state index in [1.165, 1.54) is 0 Å². The Morgan fingerprint density at radius 2 is 2.24 bits per heavy atom. The minimum Gasteiger partial charge on any atom is -0.396 e. The molecule has 3 aromatic heterocycles. The van der Waals surface area contributed by atoms with Gasteiger partial charge in [-0.15, -0.1) is 11.3 Å². The number of aliphatic hydroxyl groups excluding tert-OH is 1. The van der Waals surface area contributed by atoms with E-state index in [9.17, 15) is 5.11 Å². The molecule has 1 atom stereocenters. The molecule has 0 radical (unpaired) electrons. The summed E-state index contributed by atoms with van der Waals surface area (Å²) in [5.41, 5.74) is 10.4. The van der Waals surface area contributed by atoms with E-state index in [0.29, 0.717) is 13.0 Å². The predicted molar refractivity (Wildman–Crippen MR) is 102 cm³/mol. The van der Waals surface area contributed by atoms with Crippen molar-refractivity contribution >= 4 is 34.1 Å². The number of nitrogens with two attached hydrogens (primary N) is 1. The van der Waals surface area contributed by atoms with Crippen LogP contribution in [0.2, 0.25) is 0 Å². The molecule has 0 fully saturated rings. The quantitative estimate of drug-likeness (QED) is 0.542. The number of hydrogen-bond donors (Lipinski definition) is 3. The summed E-state index contributed by atoms with van der Waals surface area (Å²) in [6.07, 6.45) is 5.86. The molecule has 3 rings (SSSR count). The largest absolute Gasteiger partial charge is 0.396 e. The number of nitrogens with one attached hydrogen (secondary N) is 1. The lowest BCUT2D eigenvalue weighted by Crippen LogP contribution is -2.22. The van der Waals surface area contributed by atoms with Gasteiger partial charge in [0.1, 0.15) is 5.52 Å². The second-order valence-corrected chi connectivity index (χ2v) is 6.80. The smallest absolute Gasteiger partial charge is 0.222 e. The molecule has 0 spiro atoms. The van der Waals surface area contributed by atoms with Crippen molar-refractivity contribution in [2.24, 2.45) is 0 Å². The van der Waals surface area contributed by atoms with Crippen LogP contribution in [0, 0.1) is 0 Å². The van der Waals surface area contributed by atoms with Crippen molar-refractivity contribution in [2.75, 3.05) is 17.7 Å². The van der Waals surface area contributed by atoms with E-state index in [2.05, 4.69) is 31.8 Å². The number of hydrogen-bond acceptors (Lipinski definition) is 7. The average Bonchev–Trinajstić information content (AvgIpc) is 3.23. The summed E-state index contributed by atoms with van der Waals surface area (Å²) < 4.78 is 2.09. The summed E-state index contributed by atoms with van der Waals surface area (Å²) in [5, 5.41) is 14.9. The minimum absolute atomic E-state index is 0.144. The molecule has 3 heterocycles. The van der Waals surface area contributed by atoms with Gasteiger partial charge in [-0.2, -0.15) is 4.98 Å². The van der Waals surface area contributed by atoms with Gasteiger partial charge in [0.25, 0.3) is 0 Å². The zero-order valence-electron chi connectivity index (χ0n) is 14.4. The molecule has 0 bridgehead atoms. The van der Waals surface area contributed by atoms with Gasteiger partial charge >= 0.3 is 0 Å². The highest BCUT2D eigenvalue weighted by molar-refractivity contribution is 7.07. The number of fused-ring (bicyclic) bond motifs is 1. The highest BCUT2D eigenvalue weighted by Crippen LogP contribution is 2.25. The molecule has 0 saturated carbocycles. The van der Waals surface area contributed by atoms with Crippen molar-refractivity contribution in [3.05, 3.63) is 28.8 Å². The molecule has 0 saturated heterocycles. The standard InChI is InChI=1S/C17H24N6OS/c1-2-3-4-12(6-8-24)20-16-15-14(21-17(18)22-16)5-7-23(15)9-13-10-25-11-19-13/h5,7,10-12,24H,2-4,6,8-9H2,1H3,(H3,18,20,21,22)/t12-/m0/s1. The molecule has 0 aliphatic heterocycles. The molecule has 7 nitrogen and oxygen atoms in total. The van der Waals surface area contributed by atoms with Crippen molar-refractivity contribution in [1.82, 2.24) is 19.5 Å². The Hall–Kier alpha value is -2.19. The number of aliphatic hydroxyl groups is 1. The van der Waals surface area contributed by atoms with Crippen LogP contribution in [0.3, 0.4) is 0 Å². The lowest BCUT2D eigenvalue weighted by molar-refractivity contribution is 0.276. The van der Waals surface area contributed by atoms with Crippen molar-refractivity contribution in [2.45, 2.75) is 45.2 Å². The molecule has 8 heteroatoms. The second kappa shape index (κ2) is 8.26. The van der Waals surface area contributed by atoms with Gasteiger partial charge in [0, 0.05) is 24.2 Å². The van der Waals surface area contributed by atoms with Gasteiger partial charge in [-0.1, -0.05) is 19.8 Å². The Labute approximate surface area is 150 Å². The normalized spacial score (nSPS) is 12.6. The Morgan fingerprint density at radius 3 is 2.96 bits per heavy atom. The molecular weight excluding hydrogens is 336 g/mol. The fraction of sp³-hybridized carbons (Fsp3) is 0.471. The maximum atomic E-state index is 9.36. The maximum Gasteiger partial charge on any atom is 0.222 e. The summed E-state index contributed by atoms with van der Waals surface area (Å²) in [5.74, 6) is 0.969. The third kappa shape index (κ3) is 4.26. The van der Waals surface area contributed by atoms with E-state index < -0.39 is 0 Å². The van der Waals surface area contributed by atoms with Crippen molar-refractivity contribution in [1.29, 1.82) is 0 Å². The molecule has 3 aromatic rings. The zero-order chi connectivity index (χ0) is 17.6. The fourth-order valence-electron chi connectivity index (χ4n) is 2.94. The van der Waals surface area contributed by atoms with Crippen molar-refractivity contribution in [3.63, 3.8) is 0 Å². The van der Waals surface area contributed by atoms with Crippen LogP contribution >= 0.6 is 11.3 Å². The Balaban J connectivity index is 1.93. The Kier molecular flexibility index (Phi) is 5.83. The highest BCUT2D eigenvalue weighted by atomic mass is 32.1. The van der Waals surface area contributed by atoms with E-state index in [0.717, 1.165) is 41.8 Å². The molecule has 0 amide bonds. The van der Waals surface area contributed by atoms with E-state index >= 15 is 0 Å². The lowest BCUT2D eigenvalue weighted by atomic mass is 10.1. The van der Waals surface area contributed by atoms with E-state index in [-0.39, 0.29) is 18.6 Å². The number of anilines is 2. The van der Waals surface area contributed by atoms with E-state index in [1.54, 1.807) is 11.3 Å². The third-order valence-corrected chi connectivity index (χ3v) is 4.80. The summed E-state index contributed by atoms with van der Waals surface area (Å²) in [7, 11) is 0. The van der Waals surface area contributed by atoms with Crippen molar-refractivity contribution in [3.8, 4) is 0 Å². The minimum atomic E-state index is 0.144. The predicted octanol–water partition coefficient (Wildman–Crippen LogP) is 2.87. The first-order chi connectivity index (χ1) is 12.2. The number of aromatic nitrogens is 4. The first-order valence-electron chi connectivity index (χ1n) is 8.58. The summed E-state index contributed by atoms with van der Waals surface area (Å²) in [6, 6.07) is 2.10. The van der Waals surface area contributed by atoms with Gasteiger partial charge in [-0.3, -0.25) is 0 Å². The van der Waals surface area contributed by atoms with Crippen LogP contribution in [0.1, 0.15) is 38.3 Å². The van der Waals surface area contributed by atoms with Gasteiger partial charge in [0.15, 0.2) is 5.82 Å². The summed E-state index contributed by atoms with van der Waals surface area (Å²) >= 11 is 1.58. The fourth-order valence-corrected chi connectivity index (χ4v) is 3.49. The topological polar surface area (TPSA) is 102 Å². The zero-order valence-corrected chi connectivity index (χ0v) is 15.2. The van der Waals surface area contributed by atoms with Crippen LogP contribution in [0.15, 0.2) is 23.2 Å². The molecule has 25 heavy (non-hydrogen) atoms. The molecule has 0 unspecified atom stereocenters. The number of nitrogen functional groups attached to an aromatic ring is 1. The van der Waals surface area contributed by atoms with Gasteiger partial charge in [0.05, 0.1) is 23.3 Å². The van der Waals surface area contributed by atoms with Crippen LogP contribution in [0.25, 0.3) is 11.0 Å². The number of rotatable bonds is 9. The molecule has 0 aromatic carbocycles. The van der Waals surface area contributed by atoms with Crippen LogP contribution in [-0.4, -0.2) is 37.3 Å². The molecule has 0 aliphatic rings. The van der Waals surface area contributed by atoms with Gasteiger partial charge in [-0.25, -0.2) is 9.97 Å². The Bertz CT molecular complexity index is 801. The van der Waals surface area contributed by atoms with E-state index in [4.69, 9.17) is 5.73 Å².